The number of amides is 1. The minimum absolute atomic E-state index is 0.120. The molecule has 7 heteroatoms. The molecule has 0 atom stereocenters. The van der Waals surface area contributed by atoms with Gasteiger partial charge in [-0.05, 0) is 50.1 Å². The highest BCUT2D eigenvalue weighted by Crippen LogP contribution is 2.31. The van der Waals surface area contributed by atoms with Gasteiger partial charge in [-0.3, -0.25) is 14.9 Å². The normalized spacial score (nSPS) is 10.5. The van der Waals surface area contributed by atoms with Gasteiger partial charge in [-0.1, -0.05) is 24.9 Å². The van der Waals surface area contributed by atoms with Crippen LogP contribution in [-0.2, 0) is 0 Å². The molecule has 1 amide bonds. The summed E-state index contributed by atoms with van der Waals surface area (Å²) in [5.41, 5.74) is 1.70. The van der Waals surface area contributed by atoms with E-state index in [-0.39, 0.29) is 16.8 Å². The number of hydrogen-bond acceptors (Lipinski definition) is 4. The Kier molecular flexibility index (Phi) is 6.58. The van der Waals surface area contributed by atoms with E-state index in [1.54, 1.807) is 25.1 Å². The summed E-state index contributed by atoms with van der Waals surface area (Å²) < 4.78 is 5.70. The van der Waals surface area contributed by atoms with Crippen molar-refractivity contribution >= 4 is 28.9 Å². The summed E-state index contributed by atoms with van der Waals surface area (Å²) >= 11 is 5.94. The number of nitrogens with zero attached hydrogens (tertiary/aromatic N) is 1. The van der Waals surface area contributed by atoms with Gasteiger partial charge in [0.2, 0.25) is 0 Å². The Morgan fingerprint density at radius 2 is 2.00 bits per heavy atom. The first kappa shape index (κ1) is 19.7. The van der Waals surface area contributed by atoms with Gasteiger partial charge in [0.15, 0.2) is 0 Å². The van der Waals surface area contributed by atoms with E-state index >= 15 is 0 Å². The number of nitro groups is 1. The number of carbonyl (C=O) groups is 1. The number of anilines is 1. The van der Waals surface area contributed by atoms with Crippen LogP contribution in [0.5, 0.6) is 5.75 Å². The van der Waals surface area contributed by atoms with Crippen LogP contribution in [0.15, 0.2) is 30.3 Å². The predicted octanol–water partition coefficient (Wildman–Crippen LogP) is 5.30. The first-order valence-corrected chi connectivity index (χ1v) is 8.71. The molecule has 0 aromatic heterocycles. The zero-order valence-corrected chi connectivity index (χ0v) is 15.7. The number of nitro benzene ring substituents is 1. The largest absolute Gasteiger partial charge is 0.493 e. The molecule has 6 nitrogen and oxygen atoms in total. The summed E-state index contributed by atoms with van der Waals surface area (Å²) in [6.45, 7) is 5.84. The lowest BCUT2D eigenvalue weighted by atomic mass is 10.0. The predicted molar refractivity (Wildman–Crippen MR) is 102 cm³/mol. The first-order valence-electron chi connectivity index (χ1n) is 8.33. The van der Waals surface area contributed by atoms with E-state index in [0.29, 0.717) is 23.1 Å². The molecule has 0 fully saturated rings. The minimum atomic E-state index is -0.504. The molecule has 0 aliphatic rings. The highest BCUT2D eigenvalue weighted by atomic mass is 35.5. The van der Waals surface area contributed by atoms with Crippen molar-refractivity contribution in [2.75, 3.05) is 11.9 Å². The minimum Gasteiger partial charge on any atom is -0.493 e. The lowest BCUT2D eigenvalue weighted by Gasteiger charge is -2.15. The summed E-state index contributed by atoms with van der Waals surface area (Å²) in [5.74, 6) is -0.117. The van der Waals surface area contributed by atoms with E-state index in [0.717, 1.165) is 18.4 Å². The Morgan fingerprint density at radius 3 is 2.62 bits per heavy atom. The van der Waals surface area contributed by atoms with Crippen LogP contribution in [0, 0.1) is 24.0 Å². The Labute approximate surface area is 157 Å². The number of rotatable bonds is 7. The molecule has 0 aliphatic heterocycles. The number of nitrogens with one attached hydrogen (secondary N) is 1. The molecule has 2 rings (SSSR count). The second kappa shape index (κ2) is 8.67. The van der Waals surface area contributed by atoms with Gasteiger partial charge in [0.1, 0.15) is 5.75 Å². The fraction of sp³-hybridized carbons (Fsp3) is 0.316. The first-order chi connectivity index (χ1) is 12.3. The maximum Gasteiger partial charge on any atom is 0.273 e. The Bertz CT molecular complexity index is 837. The van der Waals surface area contributed by atoms with Crippen LogP contribution in [0.3, 0.4) is 0 Å². The maximum absolute atomic E-state index is 12.9. The molecule has 0 saturated heterocycles. The molecular formula is C19H21ClN2O4. The maximum atomic E-state index is 12.9. The smallest absolute Gasteiger partial charge is 0.273 e. The van der Waals surface area contributed by atoms with Gasteiger partial charge in [-0.25, -0.2) is 0 Å². The Hall–Kier alpha value is -2.60. The van der Waals surface area contributed by atoms with Gasteiger partial charge < -0.3 is 10.1 Å². The number of benzene rings is 2. The third-order valence-electron chi connectivity index (χ3n) is 4.01. The van der Waals surface area contributed by atoms with E-state index in [4.69, 9.17) is 16.3 Å². The average molecular weight is 377 g/mol. The van der Waals surface area contributed by atoms with E-state index in [1.165, 1.54) is 12.1 Å². The van der Waals surface area contributed by atoms with E-state index in [2.05, 4.69) is 5.32 Å². The molecular weight excluding hydrogens is 356 g/mol. The van der Waals surface area contributed by atoms with E-state index in [1.807, 2.05) is 13.8 Å². The van der Waals surface area contributed by atoms with Crippen molar-refractivity contribution < 1.29 is 14.5 Å². The van der Waals surface area contributed by atoms with Crippen molar-refractivity contribution in [1.82, 2.24) is 0 Å². The fourth-order valence-electron chi connectivity index (χ4n) is 2.55. The van der Waals surface area contributed by atoms with E-state index < -0.39 is 10.8 Å². The molecule has 138 valence electrons. The SMILES string of the molecule is CCCCOc1ccc([N+](=O)[O-])c(C)c1C(=O)Nc1ccc(Cl)cc1C. The van der Waals surface area contributed by atoms with E-state index in [9.17, 15) is 14.9 Å². The zero-order valence-electron chi connectivity index (χ0n) is 15.0. The molecule has 2 aromatic rings. The van der Waals surface area contributed by atoms with Crippen LogP contribution >= 0.6 is 11.6 Å². The third kappa shape index (κ3) is 4.52. The van der Waals surface area contributed by atoms with Crippen LogP contribution < -0.4 is 10.1 Å². The molecule has 0 heterocycles. The van der Waals surface area contributed by atoms with Crippen LogP contribution in [0.4, 0.5) is 11.4 Å². The number of unbranched alkanes of at least 4 members (excludes halogenated alkanes) is 1. The van der Waals surface area contributed by atoms with Crippen LogP contribution in [0.2, 0.25) is 5.02 Å². The van der Waals surface area contributed by atoms with Crippen LogP contribution in [-0.4, -0.2) is 17.4 Å². The topological polar surface area (TPSA) is 81.5 Å². The average Bonchev–Trinajstić information content (AvgIpc) is 2.57. The van der Waals surface area contributed by atoms with Gasteiger partial charge in [0.05, 0.1) is 17.1 Å². The summed E-state index contributed by atoms with van der Waals surface area (Å²) in [4.78, 5) is 23.6. The summed E-state index contributed by atoms with van der Waals surface area (Å²) in [6, 6.07) is 7.94. The number of hydrogen-bond donors (Lipinski definition) is 1. The molecule has 1 N–H and O–H groups in total. The van der Waals surface area contributed by atoms with Gasteiger partial charge in [0.25, 0.3) is 11.6 Å². The number of aryl methyl sites for hydroxylation is 1. The third-order valence-corrected chi connectivity index (χ3v) is 4.25. The molecule has 0 spiro atoms. The molecule has 0 aliphatic carbocycles. The summed E-state index contributed by atoms with van der Waals surface area (Å²) in [5, 5.41) is 14.6. The van der Waals surface area contributed by atoms with Crippen LogP contribution in [0.1, 0.15) is 41.3 Å². The lowest BCUT2D eigenvalue weighted by molar-refractivity contribution is -0.385. The van der Waals surface area contributed by atoms with Gasteiger partial charge in [-0.15, -0.1) is 0 Å². The molecule has 0 radical (unpaired) electrons. The summed E-state index contributed by atoms with van der Waals surface area (Å²) in [6.07, 6.45) is 1.77. The fourth-order valence-corrected chi connectivity index (χ4v) is 2.78. The van der Waals surface area contributed by atoms with Gasteiger partial charge in [0, 0.05) is 22.3 Å². The lowest BCUT2D eigenvalue weighted by Crippen LogP contribution is -2.17. The van der Waals surface area contributed by atoms with Gasteiger partial charge >= 0.3 is 0 Å². The quantitative estimate of drug-likeness (QED) is 0.404. The molecule has 0 unspecified atom stereocenters. The standard InChI is InChI=1S/C19H21ClN2O4/c1-4-5-10-26-17-9-8-16(22(24)25)13(3)18(17)19(23)21-15-7-6-14(20)11-12(15)2/h6-9,11H,4-5,10H2,1-3H3,(H,21,23). The van der Waals surface area contributed by atoms with Crippen molar-refractivity contribution in [3.63, 3.8) is 0 Å². The Morgan fingerprint density at radius 1 is 1.27 bits per heavy atom. The van der Waals surface area contributed by atoms with Crippen molar-refractivity contribution in [2.24, 2.45) is 0 Å². The number of carbonyl (C=O) groups excluding carboxylic acids is 1. The molecule has 2 aromatic carbocycles. The Balaban J connectivity index is 2.41. The second-order valence-corrected chi connectivity index (χ2v) is 6.39. The zero-order chi connectivity index (χ0) is 19.3. The molecule has 0 saturated carbocycles. The van der Waals surface area contributed by atoms with Crippen molar-refractivity contribution in [1.29, 1.82) is 0 Å². The van der Waals surface area contributed by atoms with Crippen molar-refractivity contribution in [3.05, 3.63) is 62.2 Å². The number of halogens is 1. The van der Waals surface area contributed by atoms with Crippen LogP contribution in [0.25, 0.3) is 0 Å². The molecule has 0 bridgehead atoms. The second-order valence-electron chi connectivity index (χ2n) is 5.96. The monoisotopic (exact) mass is 376 g/mol. The highest BCUT2D eigenvalue weighted by molar-refractivity contribution is 6.30. The highest BCUT2D eigenvalue weighted by Gasteiger charge is 2.24. The summed E-state index contributed by atoms with van der Waals surface area (Å²) in [7, 11) is 0. The van der Waals surface area contributed by atoms with Crippen molar-refractivity contribution in [2.45, 2.75) is 33.6 Å². The number of ether oxygens (including phenoxy) is 1. The van der Waals surface area contributed by atoms with Gasteiger partial charge in [-0.2, -0.15) is 0 Å². The van der Waals surface area contributed by atoms with Crippen molar-refractivity contribution in [3.8, 4) is 5.75 Å². The molecule has 26 heavy (non-hydrogen) atoms.